The van der Waals surface area contributed by atoms with Gasteiger partial charge in [0.2, 0.25) is 0 Å². The van der Waals surface area contributed by atoms with Crippen molar-refractivity contribution < 1.29 is 36.5 Å². The fourth-order valence-electron chi connectivity index (χ4n) is 3.27. The van der Waals surface area contributed by atoms with Crippen LogP contribution in [-0.2, 0) is 24.3 Å². The lowest BCUT2D eigenvalue weighted by Crippen LogP contribution is -2.43. The number of hydrogen-bond donors (Lipinski definition) is 0. The van der Waals surface area contributed by atoms with Crippen molar-refractivity contribution in [3.8, 4) is 0 Å². The molecule has 9 heteroatoms. The van der Waals surface area contributed by atoms with Crippen molar-refractivity contribution in [2.75, 3.05) is 26.4 Å². The molecule has 2 heterocycles. The Morgan fingerprint density at radius 3 is 2.04 bits per heavy atom. The lowest BCUT2D eigenvalue weighted by atomic mass is 10.0. The van der Waals surface area contributed by atoms with E-state index in [1.165, 1.54) is 0 Å². The number of rotatable bonds is 5. The van der Waals surface area contributed by atoms with Gasteiger partial charge in [-0.05, 0) is 30.2 Å². The Balaban J connectivity index is 1.58. The fraction of sp³-hybridized carbons (Fsp3) is 0.667. The Morgan fingerprint density at radius 2 is 1.56 bits per heavy atom. The van der Waals surface area contributed by atoms with E-state index in [1.54, 1.807) is 0 Å². The van der Waals surface area contributed by atoms with E-state index in [4.69, 9.17) is 30.5 Å². The first-order chi connectivity index (χ1) is 12.8. The Labute approximate surface area is 159 Å². The van der Waals surface area contributed by atoms with Gasteiger partial charge in [-0.3, -0.25) is 0 Å². The van der Waals surface area contributed by atoms with Crippen LogP contribution in [0.5, 0.6) is 0 Å². The smallest absolute Gasteiger partial charge is 0.352 e. The molecule has 0 aromatic heterocycles. The Kier molecular flexibility index (Phi) is 6.63. The van der Waals surface area contributed by atoms with Crippen LogP contribution < -0.4 is 0 Å². The Hall–Kier alpha value is -0.930. The molecule has 1 aromatic carbocycles. The van der Waals surface area contributed by atoms with Gasteiger partial charge in [0.1, 0.15) is 17.2 Å². The van der Waals surface area contributed by atoms with Crippen molar-refractivity contribution in [3.05, 3.63) is 34.9 Å². The Bertz CT molecular complexity index is 616. The summed E-state index contributed by atoms with van der Waals surface area (Å²) in [5.41, 5.74) is -1.53. The molecule has 152 valence electrons. The predicted octanol–water partition coefficient (Wildman–Crippen LogP) is 4.70. The molecule has 0 unspecified atom stereocenters. The molecular formula is C18H21ClF4O4. The summed E-state index contributed by atoms with van der Waals surface area (Å²) < 4.78 is 76.3. The van der Waals surface area contributed by atoms with Crippen LogP contribution in [0, 0.1) is 23.5 Å². The number of hydrogen-bond acceptors (Lipinski definition) is 4. The zero-order valence-electron chi connectivity index (χ0n) is 14.7. The highest BCUT2D eigenvalue weighted by Crippen LogP contribution is 2.38. The maximum Gasteiger partial charge on any atom is 0.353 e. The molecule has 1 aromatic rings. The molecule has 0 radical (unpaired) electrons. The molecular weight excluding hydrogens is 392 g/mol. The van der Waals surface area contributed by atoms with Crippen LogP contribution in [0.15, 0.2) is 12.1 Å². The zero-order chi connectivity index (χ0) is 19.6. The predicted molar refractivity (Wildman–Crippen MR) is 88.3 cm³/mol. The van der Waals surface area contributed by atoms with Gasteiger partial charge in [-0.1, -0.05) is 13.3 Å². The van der Waals surface area contributed by atoms with Gasteiger partial charge in [0.25, 0.3) is 0 Å². The van der Waals surface area contributed by atoms with Gasteiger partial charge in [-0.25, -0.2) is 8.78 Å². The molecule has 2 saturated heterocycles. The minimum Gasteiger partial charge on any atom is -0.352 e. The quantitative estimate of drug-likeness (QED) is 0.518. The molecule has 0 atom stereocenters. The average Bonchev–Trinajstić information content (AvgIpc) is 2.61. The summed E-state index contributed by atoms with van der Waals surface area (Å²) in [4.78, 5) is 0. The van der Waals surface area contributed by atoms with E-state index in [-0.39, 0.29) is 24.7 Å². The van der Waals surface area contributed by atoms with E-state index in [2.05, 4.69) is 6.92 Å². The third kappa shape index (κ3) is 4.92. The summed E-state index contributed by atoms with van der Waals surface area (Å²) in [6.07, 6.45) is 0.548. The van der Waals surface area contributed by atoms with Crippen molar-refractivity contribution in [2.24, 2.45) is 11.8 Å². The monoisotopic (exact) mass is 412 g/mol. The van der Waals surface area contributed by atoms with E-state index in [1.807, 2.05) is 0 Å². The molecule has 0 spiro atoms. The van der Waals surface area contributed by atoms with Crippen molar-refractivity contribution in [1.82, 2.24) is 0 Å². The normalized spacial score (nSPS) is 29.7. The van der Waals surface area contributed by atoms with E-state index in [9.17, 15) is 17.6 Å². The largest absolute Gasteiger partial charge is 0.353 e. The van der Waals surface area contributed by atoms with Crippen LogP contribution in [0.25, 0.3) is 0 Å². The van der Waals surface area contributed by atoms with Crippen LogP contribution in [0.1, 0.15) is 37.2 Å². The summed E-state index contributed by atoms with van der Waals surface area (Å²) in [5, 5.41) is -4.14. The van der Waals surface area contributed by atoms with Crippen LogP contribution in [0.3, 0.4) is 0 Å². The lowest BCUT2D eigenvalue weighted by molar-refractivity contribution is -0.283. The first-order valence-corrected chi connectivity index (χ1v) is 9.20. The first-order valence-electron chi connectivity index (χ1n) is 8.82. The molecule has 0 aliphatic carbocycles. The molecule has 0 N–H and O–H groups in total. The van der Waals surface area contributed by atoms with Crippen molar-refractivity contribution in [2.45, 2.75) is 37.7 Å². The van der Waals surface area contributed by atoms with Crippen LogP contribution in [0.2, 0.25) is 0 Å². The van der Waals surface area contributed by atoms with E-state index < -0.39 is 35.2 Å². The van der Waals surface area contributed by atoms with Gasteiger partial charge in [0.15, 0.2) is 12.6 Å². The maximum absolute atomic E-state index is 13.9. The lowest BCUT2D eigenvalue weighted by Gasteiger charge is -2.37. The first kappa shape index (κ1) is 20.8. The van der Waals surface area contributed by atoms with Crippen LogP contribution in [0.4, 0.5) is 17.6 Å². The molecule has 0 saturated carbocycles. The number of alkyl halides is 3. The molecule has 3 rings (SSSR count). The highest BCUT2D eigenvalue weighted by Gasteiger charge is 2.38. The summed E-state index contributed by atoms with van der Waals surface area (Å²) in [6.45, 7) is 3.67. The van der Waals surface area contributed by atoms with Crippen molar-refractivity contribution in [1.29, 1.82) is 0 Å². The molecule has 2 aliphatic heterocycles. The Morgan fingerprint density at radius 1 is 1.00 bits per heavy atom. The molecule has 4 nitrogen and oxygen atoms in total. The van der Waals surface area contributed by atoms with Gasteiger partial charge in [0.05, 0.1) is 32.3 Å². The standard InChI is InChI=1S/C18H21ClF4O4/c1-2-3-10-6-24-17(25-7-10)12-8-26-16(27-9-12)11-4-13(20)15(14(21)5-11)18(19,22)23/h4-5,10,12,16-17H,2-3,6-9H2,1H3. The van der Waals surface area contributed by atoms with Gasteiger partial charge in [0, 0.05) is 11.5 Å². The minimum absolute atomic E-state index is 0.0402. The molecule has 2 fully saturated rings. The van der Waals surface area contributed by atoms with Crippen molar-refractivity contribution >= 4 is 11.6 Å². The number of halogens is 5. The van der Waals surface area contributed by atoms with Crippen molar-refractivity contribution in [3.63, 3.8) is 0 Å². The third-order valence-corrected chi connectivity index (χ3v) is 4.81. The highest BCUT2D eigenvalue weighted by atomic mass is 35.5. The minimum atomic E-state index is -4.14. The SMILES string of the molecule is CCCC1COC(C2COC(c3cc(F)c(C(F)(F)Cl)c(F)c3)OC2)OC1. The number of ether oxygens (including phenoxy) is 4. The maximum atomic E-state index is 13.9. The third-order valence-electron chi connectivity index (χ3n) is 4.62. The second-order valence-electron chi connectivity index (χ2n) is 6.81. The summed E-state index contributed by atoms with van der Waals surface area (Å²) in [6, 6.07) is 1.48. The molecule has 2 aliphatic rings. The average molecular weight is 413 g/mol. The van der Waals surface area contributed by atoms with Gasteiger partial charge >= 0.3 is 5.38 Å². The summed E-state index contributed by atoms with van der Waals surface area (Å²) in [7, 11) is 0. The van der Waals surface area contributed by atoms with Gasteiger partial charge in [-0.15, -0.1) is 0 Å². The van der Waals surface area contributed by atoms with Gasteiger partial charge < -0.3 is 18.9 Å². The molecule has 27 heavy (non-hydrogen) atoms. The molecule has 0 bridgehead atoms. The zero-order valence-corrected chi connectivity index (χ0v) is 15.5. The molecule has 0 amide bonds. The summed E-state index contributed by atoms with van der Waals surface area (Å²) in [5.74, 6) is -2.74. The van der Waals surface area contributed by atoms with E-state index >= 15 is 0 Å². The second-order valence-corrected chi connectivity index (χ2v) is 7.28. The summed E-state index contributed by atoms with van der Waals surface area (Å²) >= 11 is 4.74. The second kappa shape index (κ2) is 8.61. The topological polar surface area (TPSA) is 36.9 Å². The highest BCUT2D eigenvalue weighted by molar-refractivity contribution is 6.21. The fourth-order valence-corrected chi connectivity index (χ4v) is 3.45. The van der Waals surface area contributed by atoms with E-state index in [0.29, 0.717) is 19.1 Å². The van der Waals surface area contributed by atoms with Crippen LogP contribution >= 0.6 is 11.6 Å². The van der Waals surface area contributed by atoms with Gasteiger partial charge in [-0.2, -0.15) is 8.78 Å². The number of benzene rings is 1. The van der Waals surface area contributed by atoms with E-state index in [0.717, 1.165) is 25.0 Å². The van der Waals surface area contributed by atoms with Crippen LogP contribution in [-0.4, -0.2) is 32.7 Å².